The van der Waals surface area contributed by atoms with Crippen molar-refractivity contribution in [1.29, 1.82) is 0 Å². The van der Waals surface area contributed by atoms with E-state index in [-0.39, 0.29) is 24.0 Å². The Morgan fingerprint density at radius 2 is 0.872 bits per heavy atom. The molecule has 0 saturated heterocycles. The molecule has 4 aromatic carbocycles. The van der Waals surface area contributed by atoms with Gasteiger partial charge in [0.15, 0.2) is 0 Å². The number of carbonyl (C=O) groups is 2. The zero-order valence-electron chi connectivity index (χ0n) is 22.7. The van der Waals surface area contributed by atoms with Gasteiger partial charge in [-0.25, -0.2) is 0 Å². The third kappa shape index (κ3) is 8.20. The van der Waals surface area contributed by atoms with Crippen LogP contribution in [0.5, 0.6) is 11.5 Å². The largest absolute Gasteiger partial charge is 0.491 e. The van der Waals surface area contributed by atoms with Gasteiger partial charge in [-0.05, 0) is 118 Å². The highest BCUT2D eigenvalue weighted by molar-refractivity contribution is 6.05. The number of nitrogens with one attached hydrogen (secondary N) is 2. The number of amides is 2. The van der Waals surface area contributed by atoms with Crippen LogP contribution in [0.15, 0.2) is 97.1 Å². The van der Waals surface area contributed by atoms with Gasteiger partial charge in [0.05, 0.1) is 12.2 Å². The van der Waals surface area contributed by atoms with E-state index < -0.39 is 0 Å². The van der Waals surface area contributed by atoms with Crippen molar-refractivity contribution in [1.82, 2.24) is 0 Å². The minimum absolute atomic E-state index is 0.0844. The van der Waals surface area contributed by atoms with Gasteiger partial charge < -0.3 is 20.1 Å². The monoisotopic (exact) mass is 522 g/mol. The van der Waals surface area contributed by atoms with Crippen molar-refractivity contribution in [3.8, 4) is 11.5 Å². The zero-order valence-corrected chi connectivity index (χ0v) is 22.7. The number of hydrogen-bond donors (Lipinski definition) is 2. The highest BCUT2D eigenvalue weighted by atomic mass is 16.5. The molecule has 0 fully saturated rings. The Morgan fingerprint density at radius 3 is 1.18 bits per heavy atom. The van der Waals surface area contributed by atoms with Crippen molar-refractivity contribution in [3.05, 3.63) is 119 Å². The summed E-state index contributed by atoms with van der Waals surface area (Å²) in [6, 6.07) is 29.8. The second-order valence-corrected chi connectivity index (χ2v) is 9.86. The van der Waals surface area contributed by atoms with Gasteiger partial charge in [-0.3, -0.25) is 9.59 Å². The van der Waals surface area contributed by atoms with Crippen LogP contribution < -0.4 is 20.1 Å². The Balaban J connectivity index is 1.29. The van der Waals surface area contributed by atoms with E-state index in [1.54, 1.807) is 48.5 Å². The number of rotatable bonds is 10. The Bertz CT molecular complexity index is 1270. The van der Waals surface area contributed by atoms with Crippen LogP contribution in [-0.4, -0.2) is 24.0 Å². The normalized spacial score (nSPS) is 10.8. The van der Waals surface area contributed by atoms with Crippen LogP contribution >= 0.6 is 0 Å². The van der Waals surface area contributed by atoms with Crippen molar-refractivity contribution in [2.45, 2.75) is 46.3 Å². The van der Waals surface area contributed by atoms with Crippen LogP contribution in [-0.2, 0) is 6.42 Å². The molecule has 2 N–H and O–H groups in total. The van der Waals surface area contributed by atoms with Crippen LogP contribution in [0.2, 0.25) is 0 Å². The first-order chi connectivity index (χ1) is 18.7. The summed E-state index contributed by atoms with van der Waals surface area (Å²) in [4.78, 5) is 25.2. The molecule has 0 aromatic heterocycles. The van der Waals surface area contributed by atoms with Crippen molar-refractivity contribution in [2.75, 3.05) is 10.6 Å². The molecule has 0 atom stereocenters. The molecule has 200 valence electrons. The van der Waals surface area contributed by atoms with E-state index in [4.69, 9.17) is 9.47 Å². The predicted octanol–water partition coefficient (Wildman–Crippen LogP) is 7.36. The Hall–Kier alpha value is -4.58. The van der Waals surface area contributed by atoms with Gasteiger partial charge in [0.25, 0.3) is 11.8 Å². The average molecular weight is 523 g/mol. The number of anilines is 2. The predicted molar refractivity (Wildman–Crippen MR) is 156 cm³/mol. The molecule has 0 spiro atoms. The van der Waals surface area contributed by atoms with E-state index in [1.807, 2.05) is 76.2 Å². The summed E-state index contributed by atoms with van der Waals surface area (Å²) in [5, 5.41) is 5.87. The van der Waals surface area contributed by atoms with Crippen LogP contribution in [0.3, 0.4) is 0 Å². The molecule has 0 unspecified atom stereocenters. The molecule has 39 heavy (non-hydrogen) atoms. The summed E-state index contributed by atoms with van der Waals surface area (Å²) in [5.74, 6) is 1.14. The SMILES string of the molecule is CC(C)Oc1ccc(C(=O)Nc2ccc(Cc3ccc(NC(=O)c4ccc(OC(C)C)cc4)cc3)cc2)cc1. The lowest BCUT2D eigenvalue weighted by Crippen LogP contribution is -2.12. The van der Waals surface area contributed by atoms with E-state index in [0.29, 0.717) is 11.1 Å². The first-order valence-electron chi connectivity index (χ1n) is 13.1. The van der Waals surface area contributed by atoms with E-state index in [1.165, 1.54) is 0 Å². The first-order valence-corrected chi connectivity index (χ1v) is 13.1. The fourth-order valence-electron chi connectivity index (χ4n) is 3.97. The molecule has 0 radical (unpaired) electrons. The summed E-state index contributed by atoms with van der Waals surface area (Å²) in [6.07, 6.45) is 0.902. The quantitative estimate of drug-likeness (QED) is 0.228. The number of ether oxygens (including phenoxy) is 2. The molecular formula is C33H34N2O4. The fraction of sp³-hybridized carbons (Fsp3) is 0.212. The first kappa shape index (κ1) is 27.5. The Morgan fingerprint density at radius 1 is 0.538 bits per heavy atom. The van der Waals surface area contributed by atoms with Crippen molar-refractivity contribution in [3.63, 3.8) is 0 Å². The lowest BCUT2D eigenvalue weighted by Gasteiger charge is -2.11. The minimum atomic E-state index is -0.170. The van der Waals surface area contributed by atoms with Crippen LogP contribution in [0, 0.1) is 0 Å². The third-order valence-electron chi connectivity index (χ3n) is 5.81. The average Bonchev–Trinajstić information content (AvgIpc) is 2.91. The van der Waals surface area contributed by atoms with Crippen LogP contribution in [0.25, 0.3) is 0 Å². The molecule has 2 amide bonds. The van der Waals surface area contributed by atoms with Crippen LogP contribution in [0.4, 0.5) is 11.4 Å². The van der Waals surface area contributed by atoms with Gasteiger partial charge in [-0.15, -0.1) is 0 Å². The summed E-state index contributed by atoms with van der Waals surface area (Å²) < 4.78 is 11.3. The highest BCUT2D eigenvalue weighted by Gasteiger charge is 2.09. The lowest BCUT2D eigenvalue weighted by atomic mass is 10.0. The maximum absolute atomic E-state index is 12.6. The second-order valence-electron chi connectivity index (χ2n) is 9.86. The molecular weight excluding hydrogens is 488 g/mol. The molecule has 0 bridgehead atoms. The Kier molecular flexibility index (Phi) is 9.00. The van der Waals surface area contributed by atoms with E-state index in [0.717, 1.165) is 40.4 Å². The van der Waals surface area contributed by atoms with Crippen molar-refractivity contribution >= 4 is 23.2 Å². The smallest absolute Gasteiger partial charge is 0.255 e. The summed E-state index contributed by atoms with van der Waals surface area (Å²) in [5.41, 5.74) is 4.83. The number of carbonyl (C=O) groups excluding carboxylic acids is 2. The van der Waals surface area contributed by atoms with Crippen molar-refractivity contribution < 1.29 is 19.1 Å². The number of hydrogen-bond acceptors (Lipinski definition) is 4. The maximum atomic E-state index is 12.6. The lowest BCUT2D eigenvalue weighted by molar-refractivity contribution is 0.101. The molecule has 0 saturated carbocycles. The van der Waals surface area contributed by atoms with E-state index >= 15 is 0 Å². The van der Waals surface area contributed by atoms with Gasteiger partial charge in [-0.2, -0.15) is 0 Å². The minimum Gasteiger partial charge on any atom is -0.491 e. The van der Waals surface area contributed by atoms with Crippen molar-refractivity contribution in [2.24, 2.45) is 0 Å². The topological polar surface area (TPSA) is 76.7 Å². The maximum Gasteiger partial charge on any atom is 0.255 e. The molecule has 0 heterocycles. The van der Waals surface area contributed by atoms with Gasteiger partial charge in [-0.1, -0.05) is 24.3 Å². The van der Waals surface area contributed by atoms with Gasteiger partial charge >= 0.3 is 0 Å². The summed E-state index contributed by atoms with van der Waals surface area (Å²) in [6.45, 7) is 7.85. The summed E-state index contributed by atoms with van der Waals surface area (Å²) >= 11 is 0. The molecule has 0 aliphatic heterocycles. The van der Waals surface area contributed by atoms with Gasteiger partial charge in [0, 0.05) is 22.5 Å². The Labute approximate surface area is 230 Å². The molecule has 6 heteroatoms. The molecule has 4 rings (SSSR count). The van der Waals surface area contributed by atoms with E-state index in [9.17, 15) is 9.59 Å². The zero-order chi connectivity index (χ0) is 27.8. The van der Waals surface area contributed by atoms with Crippen LogP contribution in [0.1, 0.15) is 59.5 Å². The summed E-state index contributed by atoms with van der Waals surface area (Å²) in [7, 11) is 0. The van der Waals surface area contributed by atoms with Gasteiger partial charge in [0.1, 0.15) is 11.5 Å². The molecule has 0 aliphatic rings. The highest BCUT2D eigenvalue weighted by Crippen LogP contribution is 2.19. The van der Waals surface area contributed by atoms with Gasteiger partial charge in [0.2, 0.25) is 0 Å². The van der Waals surface area contributed by atoms with E-state index in [2.05, 4.69) is 10.6 Å². The molecule has 6 nitrogen and oxygen atoms in total. The molecule has 4 aromatic rings. The molecule has 0 aliphatic carbocycles. The fourth-order valence-corrected chi connectivity index (χ4v) is 3.97. The second kappa shape index (κ2) is 12.8. The number of benzene rings is 4. The standard InChI is InChI=1S/C33H34N2O4/c1-22(2)38-30-17-9-26(10-18-30)32(36)34-28-13-5-24(6-14-28)21-25-7-15-29(16-8-25)35-33(37)27-11-19-31(20-12-27)39-23(3)4/h5-20,22-23H,21H2,1-4H3,(H,34,36)(H,35,37). The third-order valence-corrected chi connectivity index (χ3v) is 5.81.